The van der Waals surface area contributed by atoms with Crippen LogP contribution in [0.4, 0.5) is 0 Å². The van der Waals surface area contributed by atoms with Gasteiger partial charge in [0.2, 0.25) is 5.52 Å². The number of hydrogen-bond acceptors (Lipinski definition) is 0. The molecule has 0 radical (unpaired) electrons. The lowest BCUT2D eigenvalue weighted by atomic mass is 9.89. The number of aryl methyl sites for hydroxylation is 2. The van der Waals surface area contributed by atoms with Crippen molar-refractivity contribution in [3.05, 3.63) is 83.6 Å². The van der Waals surface area contributed by atoms with E-state index in [1.807, 2.05) is 0 Å². The smallest absolute Gasteiger partial charge is 0.224 e. The molecule has 7 rings (SSSR count). The van der Waals surface area contributed by atoms with Gasteiger partial charge in [0.25, 0.3) is 0 Å². The Morgan fingerprint density at radius 2 is 1.59 bits per heavy atom. The highest BCUT2D eigenvalue weighted by molar-refractivity contribution is 14.1. The van der Waals surface area contributed by atoms with Gasteiger partial charge in [-0.05, 0) is 58.2 Å². The molecule has 2 nitrogen and oxygen atoms in total. The molecule has 0 fully saturated rings. The first-order valence-corrected chi connectivity index (χ1v) is 14.4. The van der Waals surface area contributed by atoms with Crippen molar-refractivity contribution in [2.45, 2.75) is 50.4 Å². The van der Waals surface area contributed by atoms with Crippen LogP contribution in [-0.2, 0) is 13.5 Å². The Hall–Kier alpha value is -2.92. The highest BCUT2D eigenvalue weighted by Gasteiger charge is 2.28. The largest absolute Gasteiger partial charge is 0.307 e. The number of halogens is 1. The maximum Gasteiger partial charge on any atom is 0.224 e. The second-order valence-electron chi connectivity index (χ2n) is 11.7. The number of fused-ring (bicyclic) bond motifs is 7. The fourth-order valence-electron chi connectivity index (χ4n) is 6.66. The summed E-state index contributed by atoms with van der Waals surface area (Å²) in [6, 6.07) is 23.1. The fourth-order valence-corrected chi connectivity index (χ4v) is 7.04. The number of pyridine rings is 2. The van der Waals surface area contributed by atoms with Crippen molar-refractivity contribution >= 4 is 82.4 Å². The van der Waals surface area contributed by atoms with Crippen molar-refractivity contribution in [2.75, 3.05) is 0 Å². The molecule has 4 aromatic carbocycles. The average molecular weight is 596 g/mol. The van der Waals surface area contributed by atoms with Gasteiger partial charge in [-0.15, -0.1) is 0 Å². The van der Waals surface area contributed by atoms with E-state index in [0.29, 0.717) is 5.92 Å². The molecule has 184 valence electrons. The molecule has 0 atom stereocenters. The third-order valence-electron chi connectivity index (χ3n) is 8.33. The number of rotatable bonds is 3. The van der Waals surface area contributed by atoms with Gasteiger partial charge >= 0.3 is 0 Å². The van der Waals surface area contributed by atoms with Gasteiger partial charge in [0.1, 0.15) is 7.05 Å². The fraction of sp³-hybridized carbons (Fsp3) is 0.265. The van der Waals surface area contributed by atoms with Gasteiger partial charge in [0.15, 0.2) is 6.20 Å². The quantitative estimate of drug-likeness (QED) is 0.0633. The van der Waals surface area contributed by atoms with Crippen molar-refractivity contribution in [3.63, 3.8) is 0 Å². The topological polar surface area (TPSA) is 8.29 Å². The normalized spacial score (nSPS) is 13.1. The van der Waals surface area contributed by atoms with E-state index in [2.05, 4.69) is 140 Å². The van der Waals surface area contributed by atoms with E-state index in [4.69, 9.17) is 0 Å². The van der Waals surface area contributed by atoms with Crippen molar-refractivity contribution < 1.29 is 4.57 Å². The van der Waals surface area contributed by atoms with Gasteiger partial charge in [-0.25, -0.2) is 4.57 Å². The number of benzene rings is 4. The molecule has 0 aliphatic heterocycles. The van der Waals surface area contributed by atoms with Crippen molar-refractivity contribution in [3.8, 4) is 0 Å². The molecule has 0 aliphatic rings. The van der Waals surface area contributed by atoms with Crippen molar-refractivity contribution in [2.24, 2.45) is 7.05 Å². The zero-order chi connectivity index (χ0) is 25.8. The van der Waals surface area contributed by atoms with E-state index < -0.39 is 0 Å². The van der Waals surface area contributed by atoms with E-state index in [1.54, 1.807) is 0 Å². The summed E-state index contributed by atoms with van der Waals surface area (Å²) in [4.78, 5) is 0. The lowest BCUT2D eigenvalue weighted by Gasteiger charge is -2.23. The second-order valence-corrected chi connectivity index (χ2v) is 14.7. The van der Waals surface area contributed by atoms with E-state index in [1.165, 1.54) is 76.5 Å². The zero-order valence-electron chi connectivity index (χ0n) is 22.4. The summed E-state index contributed by atoms with van der Waals surface area (Å²) in [6.45, 7) is 11.6. The summed E-state index contributed by atoms with van der Waals surface area (Å²) in [7, 11) is 2.21. The van der Waals surface area contributed by atoms with E-state index in [9.17, 15) is 0 Å². The van der Waals surface area contributed by atoms with Crippen LogP contribution in [0.3, 0.4) is 0 Å². The second kappa shape index (κ2) is 7.80. The zero-order valence-corrected chi connectivity index (χ0v) is 24.6. The van der Waals surface area contributed by atoms with Gasteiger partial charge in [0, 0.05) is 20.3 Å². The summed E-state index contributed by atoms with van der Waals surface area (Å²) in [6.07, 6.45) is 3.24. The molecule has 3 heteroatoms. The molecular weight excluding hydrogens is 563 g/mol. The third kappa shape index (κ3) is 3.19. The minimum Gasteiger partial charge on any atom is -0.307 e. The van der Waals surface area contributed by atoms with Crippen LogP contribution >= 0.6 is 22.6 Å². The molecule has 0 N–H and O–H groups in total. The van der Waals surface area contributed by atoms with Crippen LogP contribution in [0.25, 0.3) is 59.8 Å². The van der Waals surface area contributed by atoms with Gasteiger partial charge in [0.05, 0.1) is 27.3 Å². The standard InChI is InChI=1S/C34H32IN2/c1-19(2)22-12-13-25-26-14-11-21-15-16-36(6)33-29-20(3)23-9-7-8-10-24(23)27(18-34(4,5)35)32(29)37(28(25)17-22)31(26)30(21)33/h7-17,19H,18H2,1-6H3/q+1. The van der Waals surface area contributed by atoms with E-state index in [-0.39, 0.29) is 3.42 Å². The summed E-state index contributed by atoms with van der Waals surface area (Å²) in [5.74, 6) is 0.481. The molecule has 0 saturated carbocycles. The predicted molar refractivity (Wildman–Crippen MR) is 168 cm³/mol. The summed E-state index contributed by atoms with van der Waals surface area (Å²) in [5.41, 5.74) is 9.62. The molecule has 0 amide bonds. The Kier molecular flexibility index (Phi) is 4.89. The Labute approximate surface area is 231 Å². The highest BCUT2D eigenvalue weighted by atomic mass is 127. The van der Waals surface area contributed by atoms with Crippen molar-refractivity contribution in [1.82, 2.24) is 4.40 Å². The third-order valence-corrected chi connectivity index (χ3v) is 8.71. The van der Waals surface area contributed by atoms with Crippen molar-refractivity contribution in [1.29, 1.82) is 0 Å². The maximum absolute atomic E-state index is 2.64. The van der Waals surface area contributed by atoms with Crippen LogP contribution in [0.15, 0.2) is 66.9 Å². The molecule has 0 aliphatic carbocycles. The van der Waals surface area contributed by atoms with Crippen LogP contribution < -0.4 is 4.57 Å². The van der Waals surface area contributed by atoms with Crippen LogP contribution in [-0.4, -0.2) is 7.82 Å². The molecule has 0 saturated heterocycles. The first kappa shape index (κ1) is 23.2. The lowest BCUT2D eigenvalue weighted by molar-refractivity contribution is -0.643. The number of aromatic nitrogens is 2. The number of hydrogen-bond donors (Lipinski definition) is 0. The average Bonchev–Trinajstić information content (AvgIpc) is 3.20. The molecule has 0 bridgehead atoms. The van der Waals surface area contributed by atoms with Crippen LogP contribution in [0.2, 0.25) is 0 Å². The Morgan fingerprint density at radius 3 is 2.32 bits per heavy atom. The Balaban J connectivity index is 1.91. The number of alkyl halides is 1. The molecule has 3 aromatic heterocycles. The monoisotopic (exact) mass is 595 g/mol. The molecule has 37 heavy (non-hydrogen) atoms. The summed E-state index contributed by atoms with van der Waals surface area (Å²) < 4.78 is 5.11. The molecular formula is C34H32IN2+. The lowest BCUT2D eigenvalue weighted by Crippen LogP contribution is -2.29. The Morgan fingerprint density at radius 1 is 0.865 bits per heavy atom. The summed E-state index contributed by atoms with van der Waals surface area (Å²) in [5, 5.41) is 9.50. The SMILES string of the molecule is Cc1c2ccccc2c(CC(C)(C)I)c2c1c1c3c(ccc4c5ccc(C(C)C)cc5n2c43)cc[n+]1C. The first-order chi connectivity index (χ1) is 17.7. The van der Waals surface area contributed by atoms with Gasteiger partial charge < -0.3 is 4.40 Å². The van der Waals surface area contributed by atoms with Crippen LogP contribution in [0.1, 0.15) is 50.3 Å². The predicted octanol–water partition coefficient (Wildman–Crippen LogP) is 9.16. The highest BCUT2D eigenvalue weighted by Crippen LogP contribution is 2.45. The molecule has 3 heterocycles. The van der Waals surface area contributed by atoms with E-state index >= 15 is 0 Å². The molecule has 0 spiro atoms. The molecule has 7 aromatic rings. The van der Waals surface area contributed by atoms with Gasteiger partial charge in [-0.2, -0.15) is 0 Å². The summed E-state index contributed by atoms with van der Waals surface area (Å²) >= 11 is 2.63. The van der Waals surface area contributed by atoms with Crippen LogP contribution in [0, 0.1) is 6.92 Å². The Bertz CT molecular complexity index is 2040. The van der Waals surface area contributed by atoms with Crippen LogP contribution in [0.5, 0.6) is 0 Å². The first-order valence-electron chi connectivity index (χ1n) is 13.3. The van der Waals surface area contributed by atoms with Gasteiger partial charge in [-0.1, -0.05) is 98.8 Å². The molecule has 0 unspecified atom stereocenters. The maximum atomic E-state index is 2.64. The number of nitrogens with zero attached hydrogens (tertiary/aromatic N) is 2. The van der Waals surface area contributed by atoms with E-state index in [0.717, 1.165) is 6.42 Å². The van der Waals surface area contributed by atoms with Gasteiger partial charge in [-0.3, -0.25) is 0 Å². The minimum absolute atomic E-state index is 0.125. The minimum atomic E-state index is 0.125.